The van der Waals surface area contributed by atoms with Crippen LogP contribution in [0.4, 0.5) is 17.3 Å². The third kappa shape index (κ3) is 3.47. The molecule has 1 fully saturated rings. The fourth-order valence-corrected chi connectivity index (χ4v) is 3.56. The molecule has 11 heteroatoms. The molecule has 11 nitrogen and oxygen atoms in total. The number of aromatic nitrogens is 5. The summed E-state index contributed by atoms with van der Waals surface area (Å²) >= 11 is 0. The van der Waals surface area contributed by atoms with Gasteiger partial charge in [-0.25, -0.2) is 4.98 Å². The third-order valence-corrected chi connectivity index (χ3v) is 5.49. The van der Waals surface area contributed by atoms with Crippen LogP contribution in [-0.2, 0) is 0 Å². The molecular weight excluding hydrogens is 412 g/mol. The SMILES string of the molecule is CNc1cc(Nc2cccn(-c3cc(C)on3)c2=O)nc2c(C(=O)NC3CCC3)cnn12. The van der Waals surface area contributed by atoms with Crippen LogP contribution < -0.4 is 21.5 Å². The van der Waals surface area contributed by atoms with Crippen LogP contribution in [0.1, 0.15) is 35.4 Å². The minimum Gasteiger partial charge on any atom is -0.373 e. The number of fused-ring (bicyclic) bond motifs is 1. The van der Waals surface area contributed by atoms with Crippen molar-refractivity contribution in [3.8, 4) is 5.82 Å². The van der Waals surface area contributed by atoms with E-state index in [0.717, 1.165) is 19.3 Å². The predicted molar refractivity (Wildman–Crippen MR) is 118 cm³/mol. The largest absolute Gasteiger partial charge is 0.373 e. The minimum absolute atomic E-state index is 0.200. The molecule has 1 amide bonds. The summed E-state index contributed by atoms with van der Waals surface area (Å²) in [5, 5.41) is 17.3. The highest BCUT2D eigenvalue weighted by atomic mass is 16.5. The molecule has 0 unspecified atom stereocenters. The zero-order chi connectivity index (χ0) is 22.2. The summed E-state index contributed by atoms with van der Waals surface area (Å²) in [6.07, 6.45) is 6.21. The number of anilines is 3. The Hall–Kier alpha value is -4.15. The second-order valence-electron chi connectivity index (χ2n) is 7.69. The van der Waals surface area contributed by atoms with Gasteiger partial charge in [0.15, 0.2) is 11.5 Å². The van der Waals surface area contributed by atoms with E-state index in [1.54, 1.807) is 48.9 Å². The van der Waals surface area contributed by atoms with Crippen molar-refractivity contribution in [3.05, 3.63) is 58.3 Å². The Morgan fingerprint density at radius 1 is 1.28 bits per heavy atom. The molecule has 1 saturated carbocycles. The number of rotatable bonds is 6. The Morgan fingerprint density at radius 3 is 2.81 bits per heavy atom. The fraction of sp³-hybridized carbons (Fsp3) is 0.286. The van der Waals surface area contributed by atoms with Crippen LogP contribution in [0.5, 0.6) is 0 Å². The fourth-order valence-electron chi connectivity index (χ4n) is 3.56. The van der Waals surface area contributed by atoms with Crippen LogP contribution in [0, 0.1) is 6.92 Å². The smallest absolute Gasteiger partial charge is 0.280 e. The van der Waals surface area contributed by atoms with Crippen LogP contribution in [0.2, 0.25) is 0 Å². The van der Waals surface area contributed by atoms with Crippen molar-refractivity contribution in [3.63, 3.8) is 0 Å². The van der Waals surface area contributed by atoms with Crippen molar-refractivity contribution >= 4 is 28.9 Å². The number of carbonyl (C=O) groups is 1. The highest BCUT2D eigenvalue weighted by Crippen LogP contribution is 2.23. The second-order valence-corrected chi connectivity index (χ2v) is 7.69. The zero-order valence-electron chi connectivity index (χ0n) is 17.6. The Morgan fingerprint density at radius 2 is 2.12 bits per heavy atom. The van der Waals surface area contributed by atoms with Gasteiger partial charge in [0.25, 0.3) is 11.5 Å². The molecule has 1 aliphatic rings. The highest BCUT2D eigenvalue weighted by Gasteiger charge is 2.23. The standard InChI is InChI=1S/C21H22N8O3/c1-12-9-18(27-32-12)28-8-4-7-15(21(28)31)25-16-10-17(22-2)29-19(26-16)14(11-23-29)20(30)24-13-5-3-6-13/h4,7-11,13,22H,3,5-6H2,1-2H3,(H,24,30)(H,25,26). The van der Waals surface area contributed by atoms with Crippen molar-refractivity contribution in [2.24, 2.45) is 0 Å². The van der Waals surface area contributed by atoms with Gasteiger partial charge in [-0.2, -0.15) is 9.61 Å². The summed E-state index contributed by atoms with van der Waals surface area (Å²) < 4.78 is 8.02. The molecule has 0 saturated heterocycles. The van der Waals surface area contributed by atoms with Crippen LogP contribution in [0.25, 0.3) is 11.5 Å². The maximum Gasteiger partial charge on any atom is 0.280 e. The van der Waals surface area contributed by atoms with Crippen LogP contribution in [0.3, 0.4) is 0 Å². The van der Waals surface area contributed by atoms with Gasteiger partial charge in [0.2, 0.25) is 0 Å². The molecule has 5 rings (SSSR count). The first-order valence-electron chi connectivity index (χ1n) is 10.3. The quantitative estimate of drug-likeness (QED) is 0.421. The van der Waals surface area contributed by atoms with Gasteiger partial charge in [0, 0.05) is 31.4 Å². The lowest BCUT2D eigenvalue weighted by atomic mass is 9.93. The van der Waals surface area contributed by atoms with Gasteiger partial charge in [-0.1, -0.05) is 5.16 Å². The van der Waals surface area contributed by atoms with E-state index in [0.29, 0.717) is 40.1 Å². The summed E-state index contributed by atoms with van der Waals surface area (Å²) in [7, 11) is 1.75. The van der Waals surface area contributed by atoms with Gasteiger partial charge < -0.3 is 20.5 Å². The molecule has 0 spiro atoms. The number of pyridine rings is 1. The molecule has 32 heavy (non-hydrogen) atoms. The Bertz CT molecular complexity index is 1370. The molecule has 1 aliphatic carbocycles. The number of amides is 1. The van der Waals surface area contributed by atoms with Crippen molar-refractivity contribution in [2.45, 2.75) is 32.2 Å². The molecule has 4 heterocycles. The predicted octanol–water partition coefficient (Wildman–Crippen LogP) is 2.24. The Balaban J connectivity index is 1.51. The van der Waals surface area contributed by atoms with Gasteiger partial charge in [0.05, 0.1) is 6.20 Å². The van der Waals surface area contributed by atoms with Crippen molar-refractivity contribution in [1.29, 1.82) is 0 Å². The second kappa shape index (κ2) is 7.84. The topological polar surface area (TPSA) is 131 Å². The molecule has 0 aliphatic heterocycles. The summed E-state index contributed by atoms with van der Waals surface area (Å²) in [6.45, 7) is 1.76. The maximum atomic E-state index is 13.0. The van der Waals surface area contributed by atoms with Gasteiger partial charge in [-0.05, 0) is 38.3 Å². The zero-order valence-corrected chi connectivity index (χ0v) is 17.6. The lowest BCUT2D eigenvalue weighted by molar-refractivity contribution is 0.0918. The third-order valence-electron chi connectivity index (χ3n) is 5.49. The number of hydrogen-bond acceptors (Lipinski definition) is 8. The average molecular weight is 434 g/mol. The molecule has 0 aromatic carbocycles. The Kier molecular flexibility index (Phi) is 4.85. The van der Waals surface area contributed by atoms with Gasteiger partial charge >= 0.3 is 0 Å². The number of nitrogens with one attached hydrogen (secondary N) is 3. The van der Waals surface area contributed by atoms with E-state index in [1.165, 1.54) is 10.8 Å². The lowest BCUT2D eigenvalue weighted by Crippen LogP contribution is -2.39. The van der Waals surface area contributed by atoms with Gasteiger partial charge in [-0.15, -0.1) is 0 Å². The molecule has 0 atom stereocenters. The van der Waals surface area contributed by atoms with E-state index in [9.17, 15) is 9.59 Å². The molecule has 4 aromatic rings. The van der Waals surface area contributed by atoms with Crippen molar-refractivity contribution in [2.75, 3.05) is 17.7 Å². The van der Waals surface area contributed by atoms with Gasteiger partial charge in [-0.3, -0.25) is 14.2 Å². The first-order chi connectivity index (χ1) is 15.5. The minimum atomic E-state index is -0.315. The number of aryl methyl sites for hydroxylation is 1. The van der Waals surface area contributed by atoms with Crippen LogP contribution >= 0.6 is 0 Å². The summed E-state index contributed by atoms with van der Waals surface area (Å²) in [4.78, 5) is 30.3. The molecule has 164 valence electrons. The van der Waals surface area contributed by atoms with Crippen LogP contribution in [0.15, 0.2) is 46.0 Å². The average Bonchev–Trinajstić information content (AvgIpc) is 3.38. The molecule has 4 aromatic heterocycles. The molecular formula is C21H22N8O3. The monoisotopic (exact) mass is 434 g/mol. The normalized spacial score (nSPS) is 13.7. The number of hydrogen-bond donors (Lipinski definition) is 3. The van der Waals surface area contributed by atoms with Crippen molar-refractivity contribution < 1.29 is 9.32 Å². The maximum absolute atomic E-state index is 13.0. The van der Waals surface area contributed by atoms with E-state index in [-0.39, 0.29) is 17.5 Å². The first kappa shape index (κ1) is 19.8. The Labute approximate surface area is 182 Å². The summed E-state index contributed by atoms with van der Waals surface area (Å²) in [5.74, 6) is 1.79. The molecule has 0 radical (unpaired) electrons. The number of carbonyl (C=O) groups excluding carboxylic acids is 1. The van der Waals surface area contributed by atoms with E-state index in [1.807, 2.05) is 0 Å². The summed E-state index contributed by atoms with van der Waals surface area (Å²) in [5.41, 5.74) is 0.747. The highest BCUT2D eigenvalue weighted by molar-refractivity contribution is 6.00. The van der Waals surface area contributed by atoms with E-state index in [2.05, 4.69) is 31.2 Å². The lowest BCUT2D eigenvalue weighted by Gasteiger charge is -2.26. The van der Waals surface area contributed by atoms with E-state index in [4.69, 9.17) is 4.52 Å². The van der Waals surface area contributed by atoms with E-state index >= 15 is 0 Å². The van der Waals surface area contributed by atoms with E-state index < -0.39 is 0 Å². The molecule has 0 bridgehead atoms. The van der Waals surface area contributed by atoms with Crippen LogP contribution in [-0.4, -0.2) is 43.3 Å². The van der Waals surface area contributed by atoms with Crippen molar-refractivity contribution in [1.82, 2.24) is 29.6 Å². The summed E-state index contributed by atoms with van der Waals surface area (Å²) in [6, 6.07) is 6.96. The number of nitrogens with zero attached hydrogens (tertiary/aromatic N) is 5. The van der Waals surface area contributed by atoms with Gasteiger partial charge in [0.1, 0.15) is 28.6 Å². The molecule has 3 N–H and O–H groups in total. The first-order valence-corrected chi connectivity index (χ1v) is 10.3.